The van der Waals surface area contributed by atoms with E-state index >= 15 is 0 Å². The summed E-state index contributed by atoms with van der Waals surface area (Å²) < 4.78 is 0. The summed E-state index contributed by atoms with van der Waals surface area (Å²) in [6.07, 6.45) is 8.69. The van der Waals surface area contributed by atoms with Gasteiger partial charge < -0.3 is 11.1 Å². The lowest BCUT2D eigenvalue weighted by Gasteiger charge is -2.18. The first-order valence-electron chi connectivity index (χ1n) is 9.10. The second-order valence-corrected chi connectivity index (χ2v) is 6.90. The number of aryl methyl sites for hydroxylation is 2. The molecule has 0 bridgehead atoms. The van der Waals surface area contributed by atoms with Gasteiger partial charge >= 0.3 is 0 Å². The summed E-state index contributed by atoms with van der Waals surface area (Å²) >= 11 is 0. The van der Waals surface area contributed by atoms with E-state index in [4.69, 9.17) is 5.73 Å². The predicted octanol–water partition coefficient (Wildman–Crippen LogP) is 5.01. The van der Waals surface area contributed by atoms with Crippen LogP contribution in [0, 0.1) is 11.8 Å². The van der Waals surface area contributed by atoms with Crippen molar-refractivity contribution in [2.24, 2.45) is 17.6 Å². The highest BCUT2D eigenvalue weighted by Gasteiger charge is 2.10. The van der Waals surface area contributed by atoms with E-state index in [1.54, 1.807) is 0 Å². The van der Waals surface area contributed by atoms with Gasteiger partial charge in [0.25, 0.3) is 0 Å². The minimum Gasteiger partial charge on any atom is -0.388 e. The van der Waals surface area contributed by atoms with Gasteiger partial charge in [0, 0.05) is 12.7 Å². The maximum atomic E-state index is 5.68. The quantitative estimate of drug-likeness (QED) is 0.603. The topological polar surface area (TPSA) is 38.0 Å². The highest BCUT2D eigenvalue weighted by Crippen LogP contribution is 2.24. The Kier molecular flexibility index (Phi) is 9.22. The molecule has 0 saturated heterocycles. The van der Waals surface area contributed by atoms with Gasteiger partial charge in [-0.25, -0.2) is 0 Å². The normalized spacial score (nSPS) is 13.9. The second kappa shape index (κ2) is 10.7. The third kappa shape index (κ3) is 6.83. The van der Waals surface area contributed by atoms with Crippen molar-refractivity contribution in [2.75, 3.05) is 18.9 Å². The van der Waals surface area contributed by atoms with Gasteiger partial charge in [-0.15, -0.1) is 0 Å². The molecule has 22 heavy (non-hydrogen) atoms. The van der Waals surface area contributed by atoms with Crippen LogP contribution in [0.3, 0.4) is 0 Å². The van der Waals surface area contributed by atoms with E-state index in [0.717, 1.165) is 31.2 Å². The zero-order valence-electron chi connectivity index (χ0n) is 15.1. The van der Waals surface area contributed by atoms with Gasteiger partial charge in [-0.3, -0.25) is 0 Å². The molecule has 1 aromatic rings. The van der Waals surface area contributed by atoms with Crippen molar-refractivity contribution in [1.29, 1.82) is 0 Å². The maximum Gasteiger partial charge on any atom is 0.0340 e. The lowest BCUT2D eigenvalue weighted by atomic mass is 9.88. The molecule has 0 heterocycles. The predicted molar refractivity (Wildman–Crippen MR) is 99.5 cm³/mol. The number of anilines is 1. The van der Waals surface area contributed by atoms with Gasteiger partial charge in [0.15, 0.2) is 0 Å². The van der Waals surface area contributed by atoms with Crippen LogP contribution in [-0.2, 0) is 12.8 Å². The Morgan fingerprint density at radius 3 is 2.41 bits per heavy atom. The molecule has 0 saturated carbocycles. The fraction of sp³-hybridized carbons (Fsp3) is 0.700. The molecule has 0 aromatic heterocycles. The molecule has 1 aromatic carbocycles. The molecule has 0 amide bonds. The molecular formula is C20H36N2. The Hall–Kier alpha value is -1.02. The average Bonchev–Trinajstić information content (AvgIpc) is 2.51. The number of benzene rings is 1. The highest BCUT2D eigenvalue weighted by molar-refractivity contribution is 5.48. The Labute approximate surface area is 137 Å². The largest absolute Gasteiger partial charge is 0.388 e. The van der Waals surface area contributed by atoms with Crippen LogP contribution in [0.15, 0.2) is 18.2 Å². The van der Waals surface area contributed by atoms with Gasteiger partial charge in [0.2, 0.25) is 0 Å². The van der Waals surface area contributed by atoms with E-state index in [0.29, 0.717) is 0 Å². The molecule has 0 aliphatic rings. The summed E-state index contributed by atoms with van der Waals surface area (Å²) in [5, 5.41) is 3.26. The second-order valence-electron chi connectivity index (χ2n) is 6.90. The first kappa shape index (κ1) is 19.0. The van der Waals surface area contributed by atoms with Gasteiger partial charge in [-0.2, -0.15) is 0 Å². The fourth-order valence-corrected chi connectivity index (χ4v) is 3.37. The fourth-order valence-electron chi connectivity index (χ4n) is 3.37. The van der Waals surface area contributed by atoms with E-state index in [9.17, 15) is 0 Å². The van der Waals surface area contributed by atoms with E-state index in [-0.39, 0.29) is 0 Å². The summed E-state index contributed by atoms with van der Waals surface area (Å²) in [4.78, 5) is 0. The van der Waals surface area contributed by atoms with Crippen molar-refractivity contribution < 1.29 is 0 Å². The SMILES string of the molecule is CCCC(C)CC(C)CCc1cc(NC)ccc1CCCN. The monoisotopic (exact) mass is 304 g/mol. The molecule has 3 N–H and O–H groups in total. The molecular weight excluding hydrogens is 268 g/mol. The Morgan fingerprint density at radius 1 is 1.05 bits per heavy atom. The van der Waals surface area contributed by atoms with E-state index in [1.165, 1.54) is 48.9 Å². The number of hydrogen-bond acceptors (Lipinski definition) is 2. The Morgan fingerprint density at radius 2 is 1.77 bits per heavy atom. The number of nitrogens with one attached hydrogen (secondary N) is 1. The molecule has 2 nitrogen and oxygen atoms in total. The third-order valence-electron chi connectivity index (χ3n) is 4.64. The maximum absolute atomic E-state index is 5.68. The Balaban J connectivity index is 2.61. The van der Waals surface area contributed by atoms with Crippen molar-refractivity contribution in [2.45, 2.75) is 65.7 Å². The van der Waals surface area contributed by atoms with E-state index in [2.05, 4.69) is 44.3 Å². The van der Waals surface area contributed by atoms with Crippen LogP contribution in [0.1, 0.15) is 64.0 Å². The number of hydrogen-bond donors (Lipinski definition) is 2. The molecule has 0 fully saturated rings. The number of rotatable bonds is 11. The molecule has 2 heteroatoms. The molecule has 0 radical (unpaired) electrons. The van der Waals surface area contributed by atoms with Crippen LogP contribution in [0.2, 0.25) is 0 Å². The zero-order chi connectivity index (χ0) is 16.4. The molecule has 0 aliphatic carbocycles. The average molecular weight is 305 g/mol. The summed E-state index contributed by atoms with van der Waals surface area (Å²) in [5.74, 6) is 1.67. The van der Waals surface area contributed by atoms with Gasteiger partial charge in [0.1, 0.15) is 0 Å². The van der Waals surface area contributed by atoms with Crippen LogP contribution in [0.25, 0.3) is 0 Å². The lowest BCUT2D eigenvalue weighted by molar-refractivity contribution is 0.375. The molecule has 0 aliphatic heterocycles. The molecule has 0 spiro atoms. The molecule has 1 rings (SSSR count). The summed E-state index contributed by atoms with van der Waals surface area (Å²) in [6.45, 7) is 7.87. The first-order chi connectivity index (χ1) is 10.6. The Bertz CT molecular complexity index is 414. The minimum atomic E-state index is 0.776. The van der Waals surface area contributed by atoms with Crippen LogP contribution in [-0.4, -0.2) is 13.6 Å². The highest BCUT2D eigenvalue weighted by atomic mass is 14.8. The van der Waals surface area contributed by atoms with Crippen molar-refractivity contribution >= 4 is 5.69 Å². The summed E-state index contributed by atoms with van der Waals surface area (Å²) in [5.41, 5.74) is 9.89. The minimum absolute atomic E-state index is 0.776. The van der Waals surface area contributed by atoms with E-state index in [1.807, 2.05) is 7.05 Å². The van der Waals surface area contributed by atoms with Crippen molar-refractivity contribution in [3.05, 3.63) is 29.3 Å². The first-order valence-corrected chi connectivity index (χ1v) is 9.10. The van der Waals surface area contributed by atoms with Crippen LogP contribution >= 0.6 is 0 Å². The molecule has 2 unspecified atom stereocenters. The third-order valence-corrected chi connectivity index (χ3v) is 4.64. The van der Waals surface area contributed by atoms with E-state index < -0.39 is 0 Å². The smallest absolute Gasteiger partial charge is 0.0340 e. The lowest BCUT2D eigenvalue weighted by Crippen LogP contribution is -2.07. The van der Waals surface area contributed by atoms with Crippen molar-refractivity contribution in [1.82, 2.24) is 0 Å². The molecule has 126 valence electrons. The van der Waals surface area contributed by atoms with Crippen LogP contribution < -0.4 is 11.1 Å². The zero-order valence-corrected chi connectivity index (χ0v) is 15.1. The van der Waals surface area contributed by atoms with Crippen molar-refractivity contribution in [3.8, 4) is 0 Å². The van der Waals surface area contributed by atoms with Crippen LogP contribution in [0.4, 0.5) is 5.69 Å². The van der Waals surface area contributed by atoms with Crippen LogP contribution in [0.5, 0.6) is 0 Å². The molecule has 2 atom stereocenters. The van der Waals surface area contributed by atoms with Gasteiger partial charge in [-0.05, 0) is 73.7 Å². The van der Waals surface area contributed by atoms with Crippen molar-refractivity contribution in [3.63, 3.8) is 0 Å². The standard InChI is InChI=1S/C20H36N2/c1-5-7-16(2)14-17(3)9-10-19-15-20(22-4)12-11-18(19)8-6-13-21/h11-12,15-17,22H,5-10,13-14,21H2,1-4H3. The van der Waals surface area contributed by atoms with Gasteiger partial charge in [0.05, 0.1) is 0 Å². The van der Waals surface area contributed by atoms with Gasteiger partial charge in [-0.1, -0.05) is 39.7 Å². The summed E-state index contributed by atoms with van der Waals surface area (Å²) in [7, 11) is 1.99. The summed E-state index contributed by atoms with van der Waals surface area (Å²) in [6, 6.07) is 6.79. The number of nitrogens with two attached hydrogens (primary N) is 1.